The molecule has 0 aliphatic carbocycles. The van der Waals surface area contributed by atoms with Gasteiger partial charge in [-0.25, -0.2) is 13.1 Å². The van der Waals surface area contributed by atoms with Crippen LogP contribution in [0.1, 0.15) is 16.8 Å². The predicted octanol–water partition coefficient (Wildman–Crippen LogP) is 1.14. The Kier molecular flexibility index (Phi) is 4.34. The van der Waals surface area contributed by atoms with E-state index in [1.165, 1.54) is 0 Å². The molecule has 0 atom stereocenters. The fourth-order valence-electron chi connectivity index (χ4n) is 2.12. The van der Waals surface area contributed by atoms with Gasteiger partial charge >= 0.3 is 0 Å². The van der Waals surface area contributed by atoms with Gasteiger partial charge in [0.2, 0.25) is 10.0 Å². The van der Waals surface area contributed by atoms with Crippen molar-refractivity contribution in [1.82, 2.24) is 14.5 Å². The Hall–Kier alpha value is -1.86. The van der Waals surface area contributed by atoms with Crippen LogP contribution in [0.4, 0.5) is 5.69 Å². The quantitative estimate of drug-likeness (QED) is 0.811. The van der Waals surface area contributed by atoms with Crippen molar-refractivity contribution in [3.05, 3.63) is 41.2 Å². The molecule has 0 saturated carbocycles. The SMILES string of the molecule is Cc1cc(N)c(C)c(S(=O)(=O)NCCc2ccn(C)n2)c1. The van der Waals surface area contributed by atoms with Crippen LogP contribution in [0.5, 0.6) is 0 Å². The summed E-state index contributed by atoms with van der Waals surface area (Å²) < 4.78 is 29.0. The molecule has 2 aromatic rings. The number of nitrogen functional groups attached to an aromatic ring is 1. The standard InChI is InChI=1S/C14H20N4O2S/c1-10-8-13(15)11(2)14(9-10)21(19,20)16-6-4-12-5-7-18(3)17-12/h5,7-9,16H,4,6,15H2,1-3H3. The highest BCUT2D eigenvalue weighted by Gasteiger charge is 2.18. The molecule has 1 heterocycles. The third-order valence-electron chi connectivity index (χ3n) is 3.28. The van der Waals surface area contributed by atoms with E-state index < -0.39 is 10.0 Å². The van der Waals surface area contributed by atoms with E-state index in [1.807, 2.05) is 26.2 Å². The summed E-state index contributed by atoms with van der Waals surface area (Å²) >= 11 is 0. The van der Waals surface area contributed by atoms with Crippen LogP contribution in [-0.2, 0) is 23.5 Å². The second kappa shape index (κ2) is 5.87. The largest absolute Gasteiger partial charge is 0.398 e. The molecule has 1 aromatic heterocycles. The van der Waals surface area contributed by atoms with Gasteiger partial charge in [-0.3, -0.25) is 4.68 Å². The van der Waals surface area contributed by atoms with Crippen molar-refractivity contribution in [2.75, 3.05) is 12.3 Å². The number of sulfonamides is 1. The highest BCUT2D eigenvalue weighted by molar-refractivity contribution is 7.89. The maximum absolute atomic E-state index is 12.4. The van der Waals surface area contributed by atoms with Crippen molar-refractivity contribution in [3.8, 4) is 0 Å². The number of nitrogens with one attached hydrogen (secondary N) is 1. The fourth-order valence-corrected chi connectivity index (χ4v) is 3.51. The van der Waals surface area contributed by atoms with Gasteiger partial charge in [0.15, 0.2) is 0 Å². The van der Waals surface area contributed by atoms with Crippen molar-refractivity contribution >= 4 is 15.7 Å². The molecule has 0 aliphatic rings. The Bertz CT molecular complexity index is 750. The number of nitrogens with zero attached hydrogens (tertiary/aromatic N) is 2. The summed E-state index contributed by atoms with van der Waals surface area (Å²) in [6, 6.07) is 5.27. The van der Waals surface area contributed by atoms with Crippen LogP contribution in [0.3, 0.4) is 0 Å². The lowest BCUT2D eigenvalue weighted by Crippen LogP contribution is -2.27. The van der Waals surface area contributed by atoms with Crippen LogP contribution < -0.4 is 10.5 Å². The van der Waals surface area contributed by atoms with Gasteiger partial charge in [0.25, 0.3) is 0 Å². The first-order valence-electron chi connectivity index (χ1n) is 6.64. The van der Waals surface area contributed by atoms with Crippen molar-refractivity contribution in [1.29, 1.82) is 0 Å². The maximum Gasteiger partial charge on any atom is 0.240 e. The van der Waals surface area contributed by atoms with Gasteiger partial charge in [-0.1, -0.05) is 0 Å². The van der Waals surface area contributed by atoms with Crippen molar-refractivity contribution in [2.24, 2.45) is 7.05 Å². The first-order valence-corrected chi connectivity index (χ1v) is 8.13. The molecule has 6 nitrogen and oxygen atoms in total. The summed E-state index contributed by atoms with van der Waals surface area (Å²) in [6.45, 7) is 3.83. The van der Waals surface area contributed by atoms with Gasteiger partial charge in [0, 0.05) is 31.9 Å². The zero-order valence-electron chi connectivity index (χ0n) is 12.4. The molecular formula is C14H20N4O2S. The number of aryl methyl sites for hydroxylation is 2. The fraction of sp³-hybridized carbons (Fsp3) is 0.357. The van der Waals surface area contributed by atoms with Crippen molar-refractivity contribution < 1.29 is 8.42 Å². The summed E-state index contributed by atoms with van der Waals surface area (Å²) in [5.41, 5.74) is 8.57. The van der Waals surface area contributed by atoms with Crippen LogP contribution in [0.15, 0.2) is 29.3 Å². The monoisotopic (exact) mass is 308 g/mol. The van der Waals surface area contributed by atoms with Gasteiger partial charge in [-0.2, -0.15) is 5.10 Å². The third kappa shape index (κ3) is 3.62. The molecule has 7 heteroatoms. The highest BCUT2D eigenvalue weighted by atomic mass is 32.2. The zero-order chi connectivity index (χ0) is 15.6. The topological polar surface area (TPSA) is 90.0 Å². The van der Waals surface area contributed by atoms with Crippen LogP contribution in [-0.4, -0.2) is 24.7 Å². The average Bonchev–Trinajstić information content (AvgIpc) is 2.79. The molecule has 0 fully saturated rings. The Morgan fingerprint density at radius 2 is 2.05 bits per heavy atom. The van der Waals surface area contributed by atoms with E-state index in [4.69, 9.17) is 5.73 Å². The van der Waals surface area contributed by atoms with Gasteiger partial charge in [0.1, 0.15) is 0 Å². The molecule has 0 bridgehead atoms. The van der Waals surface area contributed by atoms with Crippen LogP contribution >= 0.6 is 0 Å². The van der Waals surface area contributed by atoms with E-state index in [0.717, 1.165) is 11.3 Å². The van der Waals surface area contributed by atoms with Crippen LogP contribution in [0, 0.1) is 13.8 Å². The molecule has 21 heavy (non-hydrogen) atoms. The number of nitrogens with two attached hydrogens (primary N) is 1. The smallest absolute Gasteiger partial charge is 0.240 e. The normalized spacial score (nSPS) is 11.8. The lowest BCUT2D eigenvalue weighted by molar-refractivity contribution is 0.580. The Balaban J connectivity index is 2.12. The molecule has 2 rings (SSSR count). The summed E-state index contributed by atoms with van der Waals surface area (Å²) in [4.78, 5) is 0.237. The number of aromatic nitrogens is 2. The first-order chi connectivity index (χ1) is 9.79. The molecule has 3 N–H and O–H groups in total. The molecule has 0 amide bonds. The van der Waals surface area contributed by atoms with Gasteiger partial charge < -0.3 is 5.73 Å². The van der Waals surface area contributed by atoms with Gasteiger partial charge in [-0.15, -0.1) is 0 Å². The summed E-state index contributed by atoms with van der Waals surface area (Å²) in [5.74, 6) is 0. The van der Waals surface area contributed by atoms with Gasteiger partial charge in [-0.05, 0) is 43.2 Å². The number of hydrogen-bond donors (Lipinski definition) is 2. The first kappa shape index (κ1) is 15.5. The summed E-state index contributed by atoms with van der Waals surface area (Å²) in [6.07, 6.45) is 2.37. The van der Waals surface area contributed by atoms with E-state index in [9.17, 15) is 8.42 Å². The molecule has 0 radical (unpaired) electrons. The van der Waals surface area contributed by atoms with E-state index in [0.29, 0.717) is 24.2 Å². The molecule has 0 spiro atoms. The lowest BCUT2D eigenvalue weighted by atomic mass is 10.1. The zero-order valence-corrected chi connectivity index (χ0v) is 13.2. The second-order valence-electron chi connectivity index (χ2n) is 5.11. The Labute approximate surface area is 125 Å². The van der Waals surface area contributed by atoms with Crippen molar-refractivity contribution in [3.63, 3.8) is 0 Å². The van der Waals surface area contributed by atoms with Gasteiger partial charge in [0.05, 0.1) is 10.6 Å². The van der Waals surface area contributed by atoms with E-state index in [-0.39, 0.29) is 4.90 Å². The third-order valence-corrected chi connectivity index (χ3v) is 4.86. The minimum Gasteiger partial charge on any atom is -0.398 e. The molecule has 0 aliphatic heterocycles. The molecule has 114 valence electrons. The van der Waals surface area contributed by atoms with E-state index >= 15 is 0 Å². The second-order valence-corrected chi connectivity index (χ2v) is 6.84. The molecule has 0 saturated heterocycles. The van der Waals surface area contributed by atoms with E-state index in [2.05, 4.69) is 9.82 Å². The van der Waals surface area contributed by atoms with Crippen LogP contribution in [0.2, 0.25) is 0 Å². The Morgan fingerprint density at radius 1 is 1.33 bits per heavy atom. The molecule has 0 unspecified atom stereocenters. The van der Waals surface area contributed by atoms with Crippen LogP contribution in [0.25, 0.3) is 0 Å². The Morgan fingerprint density at radius 3 is 2.67 bits per heavy atom. The minimum absolute atomic E-state index is 0.237. The molecular weight excluding hydrogens is 288 g/mol. The molecule has 1 aromatic carbocycles. The maximum atomic E-state index is 12.4. The lowest BCUT2D eigenvalue weighted by Gasteiger charge is -2.12. The summed E-state index contributed by atoms with van der Waals surface area (Å²) in [5, 5.41) is 4.21. The minimum atomic E-state index is -3.56. The van der Waals surface area contributed by atoms with Crippen molar-refractivity contribution in [2.45, 2.75) is 25.2 Å². The number of rotatable bonds is 5. The number of anilines is 1. The summed E-state index contributed by atoms with van der Waals surface area (Å²) in [7, 11) is -1.74. The number of benzene rings is 1. The highest BCUT2D eigenvalue weighted by Crippen LogP contribution is 2.22. The number of hydrogen-bond acceptors (Lipinski definition) is 4. The van der Waals surface area contributed by atoms with E-state index in [1.54, 1.807) is 23.7 Å². The average molecular weight is 308 g/mol. The predicted molar refractivity (Wildman–Crippen MR) is 82.4 cm³/mol.